The number of rotatable bonds is 4. The van der Waals surface area contributed by atoms with E-state index in [9.17, 15) is 4.11 Å². The molecule has 0 bridgehead atoms. The lowest BCUT2D eigenvalue weighted by Gasteiger charge is -2.16. The van der Waals surface area contributed by atoms with Gasteiger partial charge in [0.15, 0.2) is 5.82 Å². The lowest BCUT2D eigenvalue weighted by molar-refractivity contribution is 1.04. The Labute approximate surface area is 278 Å². The minimum absolute atomic E-state index is 0.244. The second-order valence-corrected chi connectivity index (χ2v) is 9.57. The molecule has 9 rings (SSSR count). The van der Waals surface area contributed by atoms with Crippen molar-refractivity contribution in [2.45, 2.75) is 0 Å². The van der Waals surface area contributed by atoms with E-state index in [4.69, 9.17) is 20.6 Å². The normalized spacial score (nSPS) is 17.4. The van der Waals surface area contributed by atoms with E-state index in [1.54, 1.807) is 42.6 Å². The van der Waals surface area contributed by atoms with E-state index in [1.165, 1.54) is 4.57 Å². The topological polar surface area (TPSA) is 48.5 Å². The summed E-state index contributed by atoms with van der Waals surface area (Å²) in [4.78, 5) is 13.6. The maximum atomic E-state index is 9.87. The van der Waals surface area contributed by atoms with Crippen LogP contribution in [0.3, 0.4) is 0 Å². The second-order valence-electron chi connectivity index (χ2n) is 9.57. The van der Waals surface area contributed by atoms with Crippen molar-refractivity contribution in [2.24, 2.45) is 0 Å². The lowest BCUT2D eigenvalue weighted by Crippen LogP contribution is -2.04. The third-order valence-electron chi connectivity index (χ3n) is 7.18. The highest BCUT2D eigenvalue weighted by Crippen LogP contribution is 2.37. The van der Waals surface area contributed by atoms with Crippen molar-refractivity contribution < 1.29 is 24.7 Å². The Morgan fingerprint density at radius 3 is 2.05 bits per heavy atom. The molecule has 0 aliphatic heterocycles. The molecule has 9 aromatic rings. The molecule has 0 saturated heterocycles. The molecule has 4 aromatic heterocycles. The first kappa shape index (κ1) is 12.7. The summed E-state index contributed by atoms with van der Waals surface area (Å²) < 4.78 is 162. The van der Waals surface area contributed by atoms with Crippen molar-refractivity contribution >= 4 is 43.7 Å². The molecule has 0 fully saturated rings. The first-order valence-electron chi connectivity index (χ1n) is 22.3. The van der Waals surface area contributed by atoms with Gasteiger partial charge in [-0.25, -0.2) is 9.97 Å². The molecule has 0 aliphatic carbocycles. The molecule has 4 heterocycles. The summed E-state index contributed by atoms with van der Waals surface area (Å²) in [7, 11) is 0. The summed E-state index contributed by atoms with van der Waals surface area (Å²) in [6, 6.07) is -3.33. The van der Waals surface area contributed by atoms with Crippen molar-refractivity contribution in [3.8, 4) is 34.2 Å². The van der Waals surface area contributed by atoms with E-state index >= 15 is 0 Å². The van der Waals surface area contributed by atoms with Gasteiger partial charge < -0.3 is 4.57 Å². The van der Waals surface area contributed by atoms with Gasteiger partial charge in [0, 0.05) is 39.5 Å². The molecule has 0 unspecified atom stereocenters. The van der Waals surface area contributed by atoms with E-state index < -0.39 is 148 Å². The van der Waals surface area contributed by atoms with Crippen LogP contribution in [0, 0.1) is 0 Å². The Bertz CT molecular complexity index is 3370. The van der Waals surface area contributed by atoms with Gasteiger partial charge in [-0.2, -0.15) is 0 Å². The van der Waals surface area contributed by atoms with Crippen LogP contribution in [-0.4, -0.2) is 24.1 Å². The summed E-state index contributed by atoms with van der Waals surface area (Å²) in [6.45, 7) is 0. The van der Waals surface area contributed by atoms with E-state index in [-0.39, 0.29) is 16.5 Å². The quantitative estimate of drug-likeness (QED) is 0.208. The minimum atomic E-state index is -0.805. The van der Waals surface area contributed by atoms with Gasteiger partial charge in [-0.3, -0.25) is 9.55 Å². The molecule has 5 aromatic carbocycles. The van der Waals surface area contributed by atoms with Crippen LogP contribution in [-0.2, 0) is 0 Å². The first-order chi connectivity index (χ1) is 29.3. The van der Waals surface area contributed by atoms with Crippen molar-refractivity contribution in [3.05, 3.63) is 151 Å². The predicted octanol–water partition coefficient (Wildman–Crippen LogP) is 9.40. The standard InChI is InChI=1S/C39H25N5/c1-2-13-26(14-3-1)39-41-31(25-37(42-39)44-32-19-8-4-15-27(32)28-16-5-9-20-33(28)44)29-17-6-10-21-34(29)43-35-22-11-7-18-30(35)38-36(43)23-12-24-40-38/h1-25H/i1D,2D,3D,4D,5D,6D,8D,9D,10D,13D,14D,15D,16D,17D,19D,20D,21D,25D. The highest BCUT2D eigenvalue weighted by atomic mass is 15.1. The van der Waals surface area contributed by atoms with Gasteiger partial charge in [0.25, 0.3) is 0 Å². The van der Waals surface area contributed by atoms with Crippen LogP contribution >= 0.6 is 0 Å². The van der Waals surface area contributed by atoms with Crippen molar-refractivity contribution in [2.75, 3.05) is 0 Å². The third-order valence-corrected chi connectivity index (χ3v) is 7.18. The van der Waals surface area contributed by atoms with Gasteiger partial charge in [-0.05, 0) is 36.3 Å². The summed E-state index contributed by atoms with van der Waals surface area (Å²) in [5.74, 6) is -1.38. The summed E-state index contributed by atoms with van der Waals surface area (Å²) >= 11 is 0. The molecule has 0 atom stereocenters. The van der Waals surface area contributed by atoms with Crippen LogP contribution in [0.25, 0.3) is 77.9 Å². The number of nitrogens with zero attached hydrogens (tertiary/aromatic N) is 5. The molecule has 0 saturated carbocycles. The molecule has 0 radical (unpaired) electrons. The first-order valence-corrected chi connectivity index (χ1v) is 13.3. The van der Waals surface area contributed by atoms with Crippen LogP contribution in [0.4, 0.5) is 0 Å². The van der Waals surface area contributed by atoms with Crippen LogP contribution in [0.15, 0.2) is 151 Å². The molecule has 5 heteroatoms. The van der Waals surface area contributed by atoms with Crippen LogP contribution in [0.5, 0.6) is 0 Å². The Kier molecular flexibility index (Phi) is 2.80. The predicted molar refractivity (Wildman–Crippen MR) is 179 cm³/mol. The Balaban J connectivity index is 1.57. The molecule has 0 N–H and O–H groups in total. The Morgan fingerprint density at radius 1 is 0.545 bits per heavy atom. The maximum Gasteiger partial charge on any atom is 0.162 e. The summed E-state index contributed by atoms with van der Waals surface area (Å²) in [5.41, 5.74) is -1.59. The van der Waals surface area contributed by atoms with Crippen molar-refractivity contribution in [3.63, 3.8) is 0 Å². The zero-order valence-electron chi connectivity index (χ0n) is 40.3. The zero-order chi connectivity index (χ0) is 44.7. The Hall–Kier alpha value is -6.07. The molecule has 0 amide bonds. The fraction of sp³-hybridized carbons (Fsp3) is 0. The average molecular weight is 582 g/mol. The molecule has 0 spiro atoms. The zero-order valence-corrected chi connectivity index (χ0v) is 22.3. The van der Waals surface area contributed by atoms with Gasteiger partial charge in [-0.1, -0.05) is 103 Å². The lowest BCUT2D eigenvalue weighted by atomic mass is 10.1. The highest BCUT2D eigenvalue weighted by molar-refractivity contribution is 6.09. The summed E-state index contributed by atoms with van der Waals surface area (Å²) in [6.07, 6.45) is 1.54. The van der Waals surface area contributed by atoms with Crippen LogP contribution < -0.4 is 0 Å². The minimum Gasteiger partial charge on any atom is -0.307 e. The molecule has 0 aliphatic rings. The number of pyridine rings is 1. The van der Waals surface area contributed by atoms with Gasteiger partial charge in [0.1, 0.15) is 5.82 Å². The number of para-hydroxylation sites is 4. The number of benzene rings is 5. The number of aromatic nitrogens is 5. The summed E-state index contributed by atoms with van der Waals surface area (Å²) in [5, 5.41) is -0.159. The van der Waals surface area contributed by atoms with Gasteiger partial charge in [0.2, 0.25) is 0 Å². The molecule has 5 nitrogen and oxygen atoms in total. The van der Waals surface area contributed by atoms with Crippen molar-refractivity contribution in [1.82, 2.24) is 24.1 Å². The fourth-order valence-corrected chi connectivity index (χ4v) is 5.39. The Morgan fingerprint density at radius 2 is 1.23 bits per heavy atom. The highest BCUT2D eigenvalue weighted by Gasteiger charge is 2.20. The number of hydrogen-bond acceptors (Lipinski definition) is 3. The van der Waals surface area contributed by atoms with Crippen molar-refractivity contribution in [1.29, 1.82) is 0 Å². The van der Waals surface area contributed by atoms with E-state index in [0.29, 0.717) is 21.9 Å². The molecule has 44 heavy (non-hydrogen) atoms. The van der Waals surface area contributed by atoms with Gasteiger partial charge >= 0.3 is 0 Å². The monoisotopic (exact) mass is 581 g/mol. The third kappa shape index (κ3) is 3.69. The van der Waals surface area contributed by atoms with E-state index in [1.807, 2.05) is 0 Å². The largest absolute Gasteiger partial charge is 0.307 e. The maximum absolute atomic E-state index is 9.87. The van der Waals surface area contributed by atoms with E-state index in [0.717, 1.165) is 4.57 Å². The molecular weight excluding hydrogens is 538 g/mol. The fourth-order valence-electron chi connectivity index (χ4n) is 5.39. The second kappa shape index (κ2) is 9.75. The van der Waals surface area contributed by atoms with Crippen LogP contribution in [0.2, 0.25) is 0 Å². The van der Waals surface area contributed by atoms with Gasteiger partial charge in [0.05, 0.1) is 63.6 Å². The van der Waals surface area contributed by atoms with E-state index in [2.05, 4.69) is 15.0 Å². The average Bonchev–Trinajstić information content (AvgIpc) is 3.80. The smallest absolute Gasteiger partial charge is 0.162 e. The number of hydrogen-bond donors (Lipinski definition) is 0. The molecule has 206 valence electrons. The van der Waals surface area contributed by atoms with Gasteiger partial charge in [-0.15, -0.1) is 0 Å². The number of fused-ring (bicyclic) bond motifs is 6. The molecular formula is C39H25N5. The SMILES string of the molecule is [2H]c1c(-c2c([2H])c([2H])c([2H])c([2H])c2-n2c3ccccc3c3ncccc32)nc(-c2c([2H])c([2H])c([2H])c([2H])c2[2H])nc1-n1c2c([2H])c([2H])c([2H])c([2H])c2c2c([2H])c([2H])c([2H])c([2H])c21. The van der Waals surface area contributed by atoms with Crippen LogP contribution in [0.1, 0.15) is 24.7 Å².